The Morgan fingerprint density at radius 3 is 3.00 bits per heavy atom. The van der Waals surface area contributed by atoms with Gasteiger partial charge in [0.25, 0.3) is 0 Å². The highest BCUT2D eigenvalue weighted by molar-refractivity contribution is 6.02. The van der Waals surface area contributed by atoms with Gasteiger partial charge in [0.15, 0.2) is 6.29 Å². The van der Waals surface area contributed by atoms with Gasteiger partial charge >= 0.3 is 0 Å². The van der Waals surface area contributed by atoms with E-state index in [4.69, 9.17) is 0 Å². The average Bonchev–Trinajstić information content (AvgIpc) is 2.50. The van der Waals surface area contributed by atoms with Crippen LogP contribution in [-0.4, -0.2) is 30.1 Å². The number of nitrogens with one attached hydrogen (secondary N) is 4. The van der Waals surface area contributed by atoms with Crippen molar-refractivity contribution < 1.29 is 9.90 Å². The summed E-state index contributed by atoms with van der Waals surface area (Å²) in [5, 5.41) is 18.6. The van der Waals surface area contributed by atoms with E-state index in [0.29, 0.717) is 5.56 Å². The van der Waals surface area contributed by atoms with Crippen molar-refractivity contribution in [2.75, 3.05) is 6.54 Å². The van der Waals surface area contributed by atoms with Crippen molar-refractivity contribution in [3.63, 3.8) is 0 Å². The van der Waals surface area contributed by atoms with Crippen molar-refractivity contribution >= 4 is 22.9 Å². The number of amides is 1. The fraction of sp³-hybridized carbons (Fsp3) is 0.143. The first kappa shape index (κ1) is 13.3. The van der Waals surface area contributed by atoms with Gasteiger partial charge in [0, 0.05) is 5.56 Å². The minimum absolute atomic E-state index is 0.130. The van der Waals surface area contributed by atoms with Gasteiger partial charge in [-0.05, 0) is 16.8 Å². The number of phenols is 1. The molecule has 1 unspecified atom stereocenters. The maximum atomic E-state index is 11.2. The van der Waals surface area contributed by atoms with E-state index in [9.17, 15) is 9.90 Å². The summed E-state index contributed by atoms with van der Waals surface area (Å²) in [6.45, 7) is 0.214. The minimum atomic E-state index is -0.500. The zero-order valence-corrected chi connectivity index (χ0v) is 11.1. The summed E-state index contributed by atoms with van der Waals surface area (Å²) >= 11 is 0. The van der Waals surface area contributed by atoms with Gasteiger partial charge in [-0.15, -0.1) is 0 Å². The van der Waals surface area contributed by atoms with Crippen molar-refractivity contribution in [1.29, 1.82) is 0 Å². The summed E-state index contributed by atoms with van der Waals surface area (Å²) in [6, 6.07) is 11.2. The molecule has 1 aliphatic heterocycles. The summed E-state index contributed by atoms with van der Waals surface area (Å²) in [6.07, 6.45) is 1.03. The molecule has 3 rings (SSSR count). The van der Waals surface area contributed by atoms with Crippen LogP contribution in [-0.2, 0) is 4.79 Å². The van der Waals surface area contributed by atoms with Gasteiger partial charge in [0.05, 0.1) is 12.8 Å². The lowest BCUT2D eigenvalue weighted by Crippen LogP contribution is -2.64. The lowest BCUT2D eigenvalue weighted by molar-refractivity contribution is -0.123. The van der Waals surface area contributed by atoms with E-state index in [1.807, 2.05) is 30.3 Å². The Hall–Kier alpha value is -2.64. The van der Waals surface area contributed by atoms with E-state index in [1.54, 1.807) is 6.07 Å². The van der Waals surface area contributed by atoms with Gasteiger partial charge in [-0.25, -0.2) is 10.9 Å². The van der Waals surface area contributed by atoms with Crippen LogP contribution in [0.3, 0.4) is 0 Å². The fourth-order valence-electron chi connectivity index (χ4n) is 2.14. The maximum Gasteiger partial charge on any atom is 0.238 e. The number of hydrazine groups is 1. The number of nitrogens with zero attached hydrogens (tertiary/aromatic N) is 1. The van der Waals surface area contributed by atoms with Crippen LogP contribution >= 0.6 is 0 Å². The Labute approximate surface area is 121 Å². The molecule has 2 aromatic rings. The first-order valence-electron chi connectivity index (χ1n) is 6.51. The summed E-state index contributed by atoms with van der Waals surface area (Å²) in [5.74, 6) is 0.0208. The number of hydrazone groups is 1. The molecule has 0 saturated carbocycles. The Bertz CT molecular complexity index is 701. The Kier molecular flexibility index (Phi) is 3.67. The van der Waals surface area contributed by atoms with E-state index < -0.39 is 6.29 Å². The molecule has 1 saturated heterocycles. The lowest BCUT2D eigenvalue weighted by atomic mass is 10.0. The van der Waals surface area contributed by atoms with Crippen LogP contribution in [0.1, 0.15) is 5.56 Å². The highest BCUT2D eigenvalue weighted by Crippen LogP contribution is 2.25. The molecule has 1 amide bonds. The molecule has 1 atom stereocenters. The van der Waals surface area contributed by atoms with E-state index >= 15 is 0 Å². The molecule has 0 aliphatic carbocycles. The molecule has 1 fully saturated rings. The van der Waals surface area contributed by atoms with Gasteiger partial charge in [-0.3, -0.25) is 10.2 Å². The summed E-state index contributed by atoms with van der Waals surface area (Å²) in [7, 11) is 0. The van der Waals surface area contributed by atoms with Gasteiger partial charge in [0.1, 0.15) is 5.75 Å². The van der Waals surface area contributed by atoms with Crippen LogP contribution in [0.15, 0.2) is 41.5 Å². The maximum absolute atomic E-state index is 11.2. The van der Waals surface area contributed by atoms with Gasteiger partial charge in [-0.2, -0.15) is 5.10 Å². The van der Waals surface area contributed by atoms with Crippen LogP contribution in [0.5, 0.6) is 5.75 Å². The van der Waals surface area contributed by atoms with E-state index in [2.05, 4.69) is 26.7 Å². The first-order chi connectivity index (χ1) is 10.2. The molecule has 0 spiro atoms. The minimum Gasteiger partial charge on any atom is -0.507 e. The molecule has 7 heteroatoms. The second-order valence-electron chi connectivity index (χ2n) is 4.61. The van der Waals surface area contributed by atoms with Crippen molar-refractivity contribution in [2.45, 2.75) is 6.29 Å². The van der Waals surface area contributed by atoms with Crippen molar-refractivity contribution in [3.8, 4) is 5.75 Å². The zero-order chi connectivity index (χ0) is 14.7. The third-order valence-electron chi connectivity index (χ3n) is 3.15. The predicted octanol–water partition coefficient (Wildman–Crippen LogP) is -0.0235. The highest BCUT2D eigenvalue weighted by Gasteiger charge is 2.15. The second kappa shape index (κ2) is 5.78. The van der Waals surface area contributed by atoms with Crippen molar-refractivity contribution in [1.82, 2.24) is 21.6 Å². The van der Waals surface area contributed by atoms with E-state index in [-0.39, 0.29) is 18.2 Å². The van der Waals surface area contributed by atoms with E-state index in [0.717, 1.165) is 10.8 Å². The van der Waals surface area contributed by atoms with Gasteiger partial charge < -0.3 is 10.4 Å². The molecular formula is C14H15N5O2. The van der Waals surface area contributed by atoms with Gasteiger partial charge in [-0.1, -0.05) is 30.3 Å². The molecule has 1 aliphatic rings. The van der Waals surface area contributed by atoms with Crippen LogP contribution < -0.4 is 21.6 Å². The molecule has 21 heavy (non-hydrogen) atoms. The number of fused-ring (bicyclic) bond motifs is 1. The van der Waals surface area contributed by atoms with Crippen LogP contribution in [0.2, 0.25) is 0 Å². The van der Waals surface area contributed by atoms with Crippen LogP contribution in [0, 0.1) is 0 Å². The van der Waals surface area contributed by atoms with Crippen LogP contribution in [0.4, 0.5) is 0 Å². The number of carbonyl (C=O) groups excluding carboxylic acids is 1. The van der Waals surface area contributed by atoms with E-state index in [1.165, 1.54) is 6.21 Å². The third-order valence-corrected chi connectivity index (χ3v) is 3.15. The smallest absolute Gasteiger partial charge is 0.238 e. The van der Waals surface area contributed by atoms with Gasteiger partial charge in [0.2, 0.25) is 5.91 Å². The number of carbonyl (C=O) groups is 1. The number of rotatable bonds is 3. The SMILES string of the molecule is O=C1CNNC(N/N=C/c2c(O)ccc3ccccc23)N1. The standard InChI is InChI=1S/C14H15N5O2/c20-12-6-5-9-3-1-2-4-10(9)11(12)7-15-18-14-17-13(21)8-16-19-14/h1-7,14,16,18-20H,8H2,(H,17,21)/b15-7+. The zero-order valence-electron chi connectivity index (χ0n) is 11.1. The Morgan fingerprint density at radius 2 is 2.14 bits per heavy atom. The normalized spacial score (nSPS) is 18.9. The largest absolute Gasteiger partial charge is 0.507 e. The number of phenolic OH excluding ortho intramolecular Hbond substituents is 1. The highest BCUT2D eigenvalue weighted by atomic mass is 16.3. The molecule has 108 valence electrons. The first-order valence-corrected chi connectivity index (χ1v) is 6.51. The predicted molar refractivity (Wildman–Crippen MR) is 79.4 cm³/mol. The number of hydrogen-bond acceptors (Lipinski definition) is 6. The Balaban J connectivity index is 1.79. The lowest BCUT2D eigenvalue weighted by Gasteiger charge is -2.24. The number of benzene rings is 2. The quantitative estimate of drug-likeness (QED) is 0.403. The fourth-order valence-corrected chi connectivity index (χ4v) is 2.14. The average molecular weight is 285 g/mol. The molecular weight excluding hydrogens is 270 g/mol. The monoisotopic (exact) mass is 285 g/mol. The molecule has 0 radical (unpaired) electrons. The second-order valence-corrected chi connectivity index (χ2v) is 4.61. The Morgan fingerprint density at radius 1 is 1.29 bits per heavy atom. The molecule has 0 aromatic heterocycles. The van der Waals surface area contributed by atoms with Crippen molar-refractivity contribution in [2.24, 2.45) is 5.10 Å². The number of aromatic hydroxyl groups is 1. The summed E-state index contributed by atoms with van der Waals surface area (Å²) in [5.41, 5.74) is 8.91. The molecule has 1 heterocycles. The topological polar surface area (TPSA) is 97.8 Å². The van der Waals surface area contributed by atoms with Crippen LogP contribution in [0.25, 0.3) is 10.8 Å². The summed E-state index contributed by atoms with van der Waals surface area (Å²) < 4.78 is 0. The number of hydrogen-bond donors (Lipinski definition) is 5. The van der Waals surface area contributed by atoms with Crippen molar-refractivity contribution in [3.05, 3.63) is 42.0 Å². The third kappa shape index (κ3) is 2.93. The molecule has 2 aromatic carbocycles. The molecule has 7 nitrogen and oxygen atoms in total. The summed E-state index contributed by atoms with van der Waals surface area (Å²) in [4.78, 5) is 11.2. The molecule has 0 bridgehead atoms. The molecule has 5 N–H and O–H groups in total.